The molecule has 1 heterocycles. The molecular weight excluding hydrogens is 372 g/mol. The fourth-order valence-electron chi connectivity index (χ4n) is 2.75. The quantitative estimate of drug-likeness (QED) is 0.269. The van der Waals surface area contributed by atoms with Crippen LogP contribution in [0.1, 0.15) is 35.7 Å². The molecule has 0 aliphatic rings. The van der Waals surface area contributed by atoms with Gasteiger partial charge in [0.15, 0.2) is 5.58 Å². The molecule has 0 saturated heterocycles. The molecule has 0 aliphatic heterocycles. The van der Waals surface area contributed by atoms with E-state index in [0.717, 1.165) is 12.8 Å². The first kappa shape index (κ1) is 20.1. The number of carbonyl (C=O) groups excluding carboxylic acids is 1. The Morgan fingerprint density at radius 3 is 2.69 bits per heavy atom. The Bertz CT molecular complexity index is 1100. The third-order valence-corrected chi connectivity index (χ3v) is 4.39. The van der Waals surface area contributed by atoms with E-state index in [1.165, 1.54) is 6.21 Å². The van der Waals surface area contributed by atoms with E-state index in [2.05, 4.69) is 10.3 Å². The van der Waals surface area contributed by atoms with E-state index in [-0.39, 0.29) is 22.9 Å². The van der Waals surface area contributed by atoms with Crippen molar-refractivity contribution in [2.24, 2.45) is 4.99 Å². The van der Waals surface area contributed by atoms with Crippen molar-refractivity contribution in [3.63, 3.8) is 0 Å². The Morgan fingerprint density at radius 2 is 2.00 bits per heavy atom. The van der Waals surface area contributed by atoms with Gasteiger partial charge < -0.3 is 19.6 Å². The molecule has 0 radical (unpaired) electrons. The van der Waals surface area contributed by atoms with E-state index in [4.69, 9.17) is 9.15 Å². The lowest BCUT2D eigenvalue weighted by molar-refractivity contribution is 0.0500. The van der Waals surface area contributed by atoms with Crippen LogP contribution in [0, 0.1) is 0 Å². The zero-order valence-electron chi connectivity index (χ0n) is 16.3. The van der Waals surface area contributed by atoms with Gasteiger partial charge in [0, 0.05) is 13.3 Å². The van der Waals surface area contributed by atoms with Crippen LogP contribution in [-0.2, 0) is 4.74 Å². The Hall–Kier alpha value is -3.61. The number of ether oxygens (including phenoxy) is 1. The van der Waals surface area contributed by atoms with Crippen molar-refractivity contribution in [2.75, 3.05) is 19.0 Å². The molecule has 0 aliphatic carbocycles. The SMILES string of the molecule is CCCCOC(=O)c1ccc(N=Cc2c(O)c3cccc(NC)c3oc2=O)cc1. The first-order valence-corrected chi connectivity index (χ1v) is 9.33. The monoisotopic (exact) mass is 394 g/mol. The fourth-order valence-corrected chi connectivity index (χ4v) is 2.75. The van der Waals surface area contributed by atoms with Crippen LogP contribution in [0.4, 0.5) is 11.4 Å². The number of hydrogen-bond acceptors (Lipinski definition) is 7. The highest BCUT2D eigenvalue weighted by molar-refractivity contribution is 5.98. The van der Waals surface area contributed by atoms with E-state index >= 15 is 0 Å². The number of fused-ring (bicyclic) bond motifs is 1. The van der Waals surface area contributed by atoms with E-state index in [1.54, 1.807) is 49.5 Å². The van der Waals surface area contributed by atoms with Crippen LogP contribution in [0.25, 0.3) is 11.0 Å². The Kier molecular flexibility index (Phi) is 6.29. The molecule has 2 aromatic carbocycles. The molecule has 0 fully saturated rings. The van der Waals surface area contributed by atoms with E-state index in [1.807, 2.05) is 6.92 Å². The molecule has 1 aromatic heterocycles. The van der Waals surface area contributed by atoms with Gasteiger partial charge in [-0.3, -0.25) is 4.99 Å². The minimum Gasteiger partial charge on any atom is -0.506 e. The molecule has 3 aromatic rings. The van der Waals surface area contributed by atoms with Gasteiger partial charge >= 0.3 is 11.6 Å². The van der Waals surface area contributed by atoms with Crippen LogP contribution < -0.4 is 10.9 Å². The summed E-state index contributed by atoms with van der Waals surface area (Å²) in [6.07, 6.45) is 3.02. The van der Waals surface area contributed by atoms with E-state index in [9.17, 15) is 14.7 Å². The van der Waals surface area contributed by atoms with Gasteiger partial charge in [-0.15, -0.1) is 0 Å². The van der Waals surface area contributed by atoms with Gasteiger partial charge in [0.25, 0.3) is 0 Å². The fraction of sp³-hybridized carbons (Fsp3) is 0.227. The summed E-state index contributed by atoms with van der Waals surface area (Å²) in [4.78, 5) is 28.4. The summed E-state index contributed by atoms with van der Waals surface area (Å²) in [6.45, 7) is 2.41. The molecule has 0 spiro atoms. The van der Waals surface area contributed by atoms with Crippen molar-refractivity contribution < 1.29 is 19.1 Å². The highest BCUT2D eigenvalue weighted by atomic mass is 16.5. The number of anilines is 1. The van der Waals surface area contributed by atoms with Crippen LogP contribution in [-0.4, -0.2) is 30.9 Å². The second kappa shape index (κ2) is 9.05. The summed E-state index contributed by atoms with van der Waals surface area (Å²) in [5.41, 5.74) is 1.07. The molecule has 7 nitrogen and oxygen atoms in total. The van der Waals surface area contributed by atoms with Crippen molar-refractivity contribution in [3.8, 4) is 5.75 Å². The Labute approximate surface area is 167 Å². The van der Waals surface area contributed by atoms with Gasteiger partial charge in [-0.1, -0.05) is 19.4 Å². The number of unbranched alkanes of at least 4 members (excludes halogenated alkanes) is 1. The maximum atomic E-state index is 12.3. The summed E-state index contributed by atoms with van der Waals surface area (Å²) in [6, 6.07) is 11.6. The molecule has 29 heavy (non-hydrogen) atoms. The van der Waals surface area contributed by atoms with Crippen molar-refractivity contribution in [3.05, 3.63) is 64.0 Å². The van der Waals surface area contributed by atoms with Gasteiger partial charge in [-0.2, -0.15) is 0 Å². The molecular formula is C22H22N2O5. The lowest BCUT2D eigenvalue weighted by Crippen LogP contribution is -2.08. The first-order valence-electron chi connectivity index (χ1n) is 9.33. The zero-order chi connectivity index (χ0) is 20.8. The number of aliphatic imine (C=N–C) groups is 1. The molecule has 0 amide bonds. The lowest BCUT2D eigenvalue weighted by atomic mass is 10.1. The minimum absolute atomic E-state index is 0.0474. The molecule has 0 saturated carbocycles. The van der Waals surface area contributed by atoms with Crippen molar-refractivity contribution in [1.82, 2.24) is 0 Å². The second-order valence-electron chi connectivity index (χ2n) is 6.38. The number of rotatable bonds is 7. The summed E-state index contributed by atoms with van der Waals surface area (Å²) in [5.74, 6) is -0.588. The number of para-hydroxylation sites is 1. The number of esters is 1. The number of nitrogens with one attached hydrogen (secondary N) is 1. The second-order valence-corrected chi connectivity index (χ2v) is 6.38. The van der Waals surface area contributed by atoms with Gasteiger partial charge in [0.05, 0.1) is 28.9 Å². The van der Waals surface area contributed by atoms with Gasteiger partial charge in [0.1, 0.15) is 11.3 Å². The van der Waals surface area contributed by atoms with E-state index < -0.39 is 5.63 Å². The third kappa shape index (κ3) is 4.45. The predicted octanol–water partition coefficient (Wildman–Crippen LogP) is 4.25. The molecule has 0 unspecified atom stereocenters. The Balaban J connectivity index is 1.84. The van der Waals surface area contributed by atoms with Crippen LogP contribution in [0.15, 0.2) is 56.7 Å². The topological polar surface area (TPSA) is 101 Å². The summed E-state index contributed by atoms with van der Waals surface area (Å²) < 4.78 is 10.5. The van der Waals surface area contributed by atoms with Crippen LogP contribution in [0.2, 0.25) is 0 Å². The zero-order valence-corrected chi connectivity index (χ0v) is 16.3. The van der Waals surface area contributed by atoms with Crippen LogP contribution >= 0.6 is 0 Å². The predicted molar refractivity (Wildman–Crippen MR) is 113 cm³/mol. The molecule has 150 valence electrons. The maximum absolute atomic E-state index is 12.3. The number of benzene rings is 2. The molecule has 0 atom stereocenters. The van der Waals surface area contributed by atoms with Crippen LogP contribution in [0.3, 0.4) is 0 Å². The number of hydrogen-bond donors (Lipinski definition) is 2. The standard InChI is InChI=1S/C22H22N2O5/c1-3-4-12-28-21(26)14-8-10-15(11-9-14)24-13-17-19(25)16-6-5-7-18(23-2)20(16)29-22(17)27/h5-11,13,23,25H,3-4,12H2,1-2H3. The smallest absolute Gasteiger partial charge is 0.349 e. The first-order chi connectivity index (χ1) is 14.0. The summed E-state index contributed by atoms with van der Waals surface area (Å²) >= 11 is 0. The summed E-state index contributed by atoms with van der Waals surface area (Å²) in [7, 11) is 1.70. The Morgan fingerprint density at radius 1 is 1.24 bits per heavy atom. The van der Waals surface area contributed by atoms with Gasteiger partial charge in [0.2, 0.25) is 0 Å². The number of carbonyl (C=O) groups is 1. The maximum Gasteiger partial charge on any atom is 0.349 e. The largest absolute Gasteiger partial charge is 0.506 e. The molecule has 2 N–H and O–H groups in total. The highest BCUT2D eigenvalue weighted by Gasteiger charge is 2.14. The van der Waals surface area contributed by atoms with Gasteiger partial charge in [-0.05, 0) is 42.8 Å². The van der Waals surface area contributed by atoms with Crippen molar-refractivity contribution >= 4 is 34.5 Å². The highest BCUT2D eigenvalue weighted by Crippen LogP contribution is 2.30. The molecule has 0 bridgehead atoms. The molecule has 3 rings (SSSR count). The number of aromatic hydroxyl groups is 1. The van der Waals surface area contributed by atoms with Crippen molar-refractivity contribution in [1.29, 1.82) is 0 Å². The minimum atomic E-state index is -0.697. The van der Waals surface area contributed by atoms with E-state index in [0.29, 0.717) is 28.9 Å². The summed E-state index contributed by atoms with van der Waals surface area (Å²) in [5, 5.41) is 13.8. The van der Waals surface area contributed by atoms with Crippen LogP contribution in [0.5, 0.6) is 5.75 Å². The van der Waals surface area contributed by atoms with Gasteiger partial charge in [-0.25, -0.2) is 9.59 Å². The average Bonchev–Trinajstić information content (AvgIpc) is 2.73. The third-order valence-electron chi connectivity index (χ3n) is 4.39. The van der Waals surface area contributed by atoms with Crippen molar-refractivity contribution in [2.45, 2.75) is 19.8 Å². The lowest BCUT2D eigenvalue weighted by Gasteiger charge is -2.07. The number of nitrogens with zero attached hydrogens (tertiary/aromatic N) is 1. The normalized spacial score (nSPS) is 11.1. The molecule has 7 heteroatoms. The average molecular weight is 394 g/mol.